The minimum Gasteiger partial charge on any atom is -0.379 e. The summed E-state index contributed by atoms with van der Waals surface area (Å²) in [6.07, 6.45) is 0. The van der Waals surface area contributed by atoms with Crippen molar-refractivity contribution >= 4 is 41.3 Å². The molecule has 2 heterocycles. The number of hydrogen-bond acceptors (Lipinski definition) is 5. The van der Waals surface area contributed by atoms with E-state index in [0.717, 1.165) is 35.3 Å². The van der Waals surface area contributed by atoms with Gasteiger partial charge in [0.15, 0.2) is 5.96 Å². The van der Waals surface area contributed by atoms with E-state index in [0.29, 0.717) is 32.2 Å². The number of morpholine rings is 1. The Morgan fingerprint density at radius 1 is 1.23 bits per heavy atom. The molecule has 0 radical (unpaired) electrons. The maximum Gasteiger partial charge on any atom is 0.191 e. The van der Waals surface area contributed by atoms with Crippen LogP contribution >= 0.6 is 35.3 Å². The van der Waals surface area contributed by atoms with Gasteiger partial charge in [-0.15, -0.1) is 35.3 Å². The minimum atomic E-state index is -0.219. The molecule has 1 aromatic heterocycles. The SMILES string of the molecule is CN=C(NCc1csc(C(C)C)n1)NCC(c1ccc(F)cc1)N1CCOCC1.I. The van der Waals surface area contributed by atoms with Crippen molar-refractivity contribution in [3.63, 3.8) is 0 Å². The molecular formula is C21H31FIN5OS. The number of rotatable bonds is 7. The Balaban J connectivity index is 0.00000320. The van der Waals surface area contributed by atoms with E-state index in [4.69, 9.17) is 4.74 Å². The molecule has 1 aliphatic heterocycles. The standard InChI is InChI=1S/C21H30FN5OS.HI/c1-15(2)20-26-18(14-29-20)12-24-21(23-3)25-13-19(27-8-10-28-11-9-27)16-4-6-17(22)7-5-16;/h4-7,14-15,19H,8-13H2,1-3H3,(H2,23,24,25);1H. The summed E-state index contributed by atoms with van der Waals surface area (Å²) in [5.74, 6) is 0.949. The van der Waals surface area contributed by atoms with E-state index < -0.39 is 0 Å². The van der Waals surface area contributed by atoms with Crippen molar-refractivity contribution in [2.24, 2.45) is 4.99 Å². The minimum absolute atomic E-state index is 0. The summed E-state index contributed by atoms with van der Waals surface area (Å²) in [5, 5.41) is 9.99. The van der Waals surface area contributed by atoms with Crippen LogP contribution in [-0.4, -0.2) is 55.7 Å². The average Bonchev–Trinajstić information content (AvgIpc) is 3.22. The monoisotopic (exact) mass is 547 g/mol. The Labute approximate surface area is 199 Å². The second-order valence-corrected chi connectivity index (χ2v) is 8.24. The van der Waals surface area contributed by atoms with Gasteiger partial charge < -0.3 is 15.4 Å². The van der Waals surface area contributed by atoms with E-state index in [9.17, 15) is 4.39 Å². The summed E-state index contributed by atoms with van der Waals surface area (Å²) >= 11 is 1.69. The number of guanidine groups is 1. The molecule has 6 nitrogen and oxygen atoms in total. The quantitative estimate of drug-likeness (QED) is 0.314. The van der Waals surface area contributed by atoms with Crippen LogP contribution in [0.25, 0.3) is 0 Å². The molecule has 0 saturated carbocycles. The smallest absolute Gasteiger partial charge is 0.191 e. The van der Waals surface area contributed by atoms with Gasteiger partial charge in [-0.25, -0.2) is 9.37 Å². The molecular weight excluding hydrogens is 516 g/mol. The van der Waals surface area contributed by atoms with Crippen LogP contribution < -0.4 is 10.6 Å². The van der Waals surface area contributed by atoms with Crippen LogP contribution in [0.2, 0.25) is 0 Å². The highest BCUT2D eigenvalue weighted by Gasteiger charge is 2.23. The van der Waals surface area contributed by atoms with Gasteiger partial charge >= 0.3 is 0 Å². The van der Waals surface area contributed by atoms with Gasteiger partial charge in [-0.1, -0.05) is 26.0 Å². The molecule has 1 aromatic carbocycles. The van der Waals surface area contributed by atoms with Crippen LogP contribution in [0.1, 0.15) is 42.1 Å². The largest absolute Gasteiger partial charge is 0.379 e. The summed E-state index contributed by atoms with van der Waals surface area (Å²) in [4.78, 5) is 11.4. The zero-order valence-corrected chi connectivity index (χ0v) is 20.9. The fraction of sp³-hybridized carbons (Fsp3) is 0.524. The zero-order valence-electron chi connectivity index (χ0n) is 17.7. The maximum atomic E-state index is 13.4. The van der Waals surface area contributed by atoms with Gasteiger partial charge in [0.05, 0.1) is 36.5 Å². The second-order valence-electron chi connectivity index (χ2n) is 7.35. The number of benzene rings is 1. The molecule has 0 amide bonds. The number of ether oxygens (including phenoxy) is 1. The van der Waals surface area contributed by atoms with E-state index in [1.54, 1.807) is 18.4 Å². The molecule has 3 rings (SSSR count). The number of nitrogens with one attached hydrogen (secondary N) is 2. The first-order valence-corrected chi connectivity index (χ1v) is 10.9. The molecule has 2 N–H and O–H groups in total. The van der Waals surface area contributed by atoms with Gasteiger partial charge in [0.25, 0.3) is 0 Å². The maximum absolute atomic E-state index is 13.4. The fourth-order valence-corrected chi connectivity index (χ4v) is 4.12. The Bertz CT molecular complexity index is 793. The highest BCUT2D eigenvalue weighted by Crippen LogP contribution is 2.22. The number of thiazole rings is 1. The summed E-state index contributed by atoms with van der Waals surface area (Å²) < 4.78 is 18.9. The van der Waals surface area contributed by atoms with Gasteiger partial charge in [-0.05, 0) is 17.7 Å². The van der Waals surface area contributed by atoms with Crippen LogP contribution in [0.15, 0.2) is 34.6 Å². The average molecular weight is 547 g/mol. The van der Waals surface area contributed by atoms with Crippen LogP contribution in [0, 0.1) is 5.82 Å². The molecule has 0 aliphatic carbocycles. The highest BCUT2D eigenvalue weighted by molar-refractivity contribution is 14.0. The van der Waals surface area contributed by atoms with Crippen molar-refractivity contribution in [3.8, 4) is 0 Å². The van der Waals surface area contributed by atoms with Crippen LogP contribution in [0.3, 0.4) is 0 Å². The molecule has 1 unspecified atom stereocenters. The zero-order chi connectivity index (χ0) is 20.6. The molecule has 2 aromatic rings. The van der Waals surface area contributed by atoms with E-state index >= 15 is 0 Å². The molecule has 1 aliphatic rings. The van der Waals surface area contributed by atoms with E-state index in [1.165, 1.54) is 12.1 Å². The summed E-state index contributed by atoms with van der Waals surface area (Å²) in [5.41, 5.74) is 2.10. The van der Waals surface area contributed by atoms with Gasteiger partial charge in [-0.3, -0.25) is 9.89 Å². The van der Waals surface area contributed by atoms with Crippen molar-refractivity contribution in [1.29, 1.82) is 0 Å². The molecule has 0 spiro atoms. The molecule has 0 bridgehead atoms. The number of hydrogen-bond donors (Lipinski definition) is 2. The lowest BCUT2D eigenvalue weighted by Gasteiger charge is -2.35. The predicted octanol–water partition coefficient (Wildman–Crippen LogP) is 3.76. The number of halogens is 2. The third-order valence-corrected chi connectivity index (χ3v) is 6.12. The van der Waals surface area contributed by atoms with Crippen LogP contribution in [-0.2, 0) is 11.3 Å². The highest BCUT2D eigenvalue weighted by atomic mass is 127. The van der Waals surface area contributed by atoms with Crippen molar-refractivity contribution in [2.75, 3.05) is 39.9 Å². The number of nitrogens with zero attached hydrogens (tertiary/aromatic N) is 3. The number of aromatic nitrogens is 1. The normalized spacial score (nSPS) is 16.2. The first kappa shape index (κ1) is 25.0. The van der Waals surface area contributed by atoms with Gasteiger partial charge in [-0.2, -0.15) is 0 Å². The summed E-state index contributed by atoms with van der Waals surface area (Å²) in [7, 11) is 1.76. The van der Waals surface area contributed by atoms with E-state index in [2.05, 4.69) is 44.7 Å². The van der Waals surface area contributed by atoms with Crippen molar-refractivity contribution in [2.45, 2.75) is 32.4 Å². The first-order chi connectivity index (χ1) is 14.1. The Kier molecular flexibility index (Phi) is 10.4. The molecule has 1 atom stereocenters. The predicted molar refractivity (Wildman–Crippen MR) is 131 cm³/mol. The first-order valence-electron chi connectivity index (χ1n) is 10.0. The topological polar surface area (TPSA) is 61.8 Å². The molecule has 30 heavy (non-hydrogen) atoms. The van der Waals surface area contributed by atoms with E-state index in [1.807, 2.05) is 12.1 Å². The summed E-state index contributed by atoms with van der Waals surface area (Å²) in [6, 6.07) is 6.87. The molecule has 9 heteroatoms. The Hall–Kier alpha value is -1.30. The Morgan fingerprint density at radius 2 is 1.93 bits per heavy atom. The fourth-order valence-electron chi connectivity index (χ4n) is 3.29. The van der Waals surface area contributed by atoms with Gasteiger partial charge in [0.2, 0.25) is 0 Å². The molecule has 1 saturated heterocycles. The molecule has 166 valence electrons. The van der Waals surface area contributed by atoms with Crippen LogP contribution in [0.5, 0.6) is 0 Å². The number of aliphatic imine (C=N–C) groups is 1. The van der Waals surface area contributed by atoms with Crippen molar-refractivity contribution in [1.82, 2.24) is 20.5 Å². The lowest BCUT2D eigenvalue weighted by Crippen LogP contribution is -2.46. The van der Waals surface area contributed by atoms with Gasteiger partial charge in [0.1, 0.15) is 5.82 Å². The second kappa shape index (κ2) is 12.5. The lowest BCUT2D eigenvalue weighted by atomic mass is 10.0. The molecule has 1 fully saturated rings. The van der Waals surface area contributed by atoms with Crippen LogP contribution in [0.4, 0.5) is 4.39 Å². The third kappa shape index (κ3) is 7.14. The van der Waals surface area contributed by atoms with Gasteiger partial charge in [0, 0.05) is 38.0 Å². The Morgan fingerprint density at radius 3 is 2.53 bits per heavy atom. The van der Waals surface area contributed by atoms with Crippen molar-refractivity contribution < 1.29 is 9.13 Å². The summed E-state index contributed by atoms with van der Waals surface area (Å²) in [6.45, 7) is 8.73. The third-order valence-electron chi connectivity index (χ3n) is 4.93. The lowest BCUT2D eigenvalue weighted by molar-refractivity contribution is 0.0170. The van der Waals surface area contributed by atoms with Crippen molar-refractivity contribution in [3.05, 3.63) is 51.7 Å². The van der Waals surface area contributed by atoms with E-state index in [-0.39, 0.29) is 35.8 Å².